The number of thiazole rings is 1. The molecule has 11 nitrogen and oxygen atoms in total. The normalized spacial score (nSPS) is 26.4. The minimum atomic E-state index is -1.15. The fourth-order valence-electron chi connectivity index (χ4n) is 10.5. The zero-order valence-electron chi connectivity index (χ0n) is 36.2. The molecule has 5 N–H and O–H groups in total. The molecule has 3 aliphatic rings. The van der Waals surface area contributed by atoms with Crippen LogP contribution in [0, 0.1) is 10.8 Å². The molecule has 1 saturated carbocycles. The molecule has 3 aromatic rings. The predicted octanol–water partition coefficient (Wildman–Crippen LogP) is 9.29. The van der Waals surface area contributed by atoms with Gasteiger partial charge in [0, 0.05) is 79.5 Å². The van der Waals surface area contributed by atoms with Crippen LogP contribution in [0.15, 0.2) is 60.3 Å². The number of nitrogens with one attached hydrogen (secondary N) is 2. The van der Waals surface area contributed by atoms with Crippen molar-refractivity contribution in [2.75, 3.05) is 55.5 Å². The summed E-state index contributed by atoms with van der Waals surface area (Å²) in [5, 5.41) is 14.1. The maximum absolute atomic E-state index is 13.9. The summed E-state index contributed by atoms with van der Waals surface area (Å²) in [6, 6.07) is 9.41. The second-order valence-electron chi connectivity index (χ2n) is 18.0. The zero-order valence-corrected chi connectivity index (χ0v) is 37.9. The Bertz CT molecular complexity index is 2180. The van der Waals surface area contributed by atoms with Crippen molar-refractivity contribution in [2.45, 2.75) is 91.7 Å². The summed E-state index contributed by atoms with van der Waals surface area (Å²) in [7, 11) is 0.735. The Balaban J connectivity index is 1.22. The van der Waals surface area contributed by atoms with Crippen LogP contribution in [0.25, 0.3) is 11.6 Å². The molecule has 2 aromatic heterocycles. The van der Waals surface area contributed by atoms with E-state index in [0.29, 0.717) is 65.3 Å². The lowest BCUT2D eigenvalue weighted by molar-refractivity contribution is -0.157. The summed E-state index contributed by atoms with van der Waals surface area (Å²) in [5.74, 6) is -0.579. The monoisotopic (exact) mass is 840 g/mol. The molecule has 1 aromatic carbocycles. The van der Waals surface area contributed by atoms with E-state index in [4.69, 9.17) is 25.5 Å². The fraction of sp³-hybridized carbons (Fsp3) is 0.500. The molecule has 1 aliphatic carbocycles. The van der Waals surface area contributed by atoms with Gasteiger partial charge >= 0.3 is 5.97 Å². The van der Waals surface area contributed by atoms with Gasteiger partial charge in [0.2, 0.25) is 0 Å². The van der Waals surface area contributed by atoms with Gasteiger partial charge in [0.05, 0.1) is 24.2 Å². The smallest absolute Gasteiger partial charge is 0.355 e. The number of rotatable bonds is 15. The molecule has 0 radical (unpaired) electrons. The number of carboxylic acid groups (broad SMARTS) is 1. The molecule has 13 heteroatoms. The fourth-order valence-corrected chi connectivity index (χ4v) is 15.9. The highest BCUT2D eigenvalue weighted by Crippen LogP contribution is 2.71. The number of allylic oxidation sites excluding steroid dienone is 3. The number of aromatic carboxylic acids is 1. The maximum atomic E-state index is 13.9. The first kappa shape index (κ1) is 44.3. The van der Waals surface area contributed by atoms with Gasteiger partial charge in [-0.2, -0.15) is 0 Å². The average Bonchev–Trinajstić information content (AvgIpc) is 3.59. The third-order valence-corrected chi connectivity index (χ3v) is 18.3. The van der Waals surface area contributed by atoms with Crippen molar-refractivity contribution in [1.29, 1.82) is 0 Å². The van der Waals surface area contributed by atoms with E-state index in [9.17, 15) is 14.7 Å². The van der Waals surface area contributed by atoms with E-state index in [1.54, 1.807) is 12.1 Å². The SMILES string of the molecule is C=C/C=C\c1nc(NC(=O)c2cccc3c2CN(c2ccc(C(=CN)C(C)=NCC4(C)CC5(C)CC(ONC)(C4)C[P+](C)(CC)C5)c(C(=O)O)n2)CC3)sc1C(C)CC. The Morgan fingerprint density at radius 1 is 1.15 bits per heavy atom. The number of pyridine rings is 1. The average molecular weight is 841 g/mol. The van der Waals surface area contributed by atoms with Crippen LogP contribution in [0.1, 0.15) is 121 Å². The van der Waals surface area contributed by atoms with Crippen molar-refractivity contribution in [1.82, 2.24) is 15.4 Å². The Labute approximate surface area is 355 Å². The van der Waals surface area contributed by atoms with Gasteiger partial charge in [-0.3, -0.25) is 19.9 Å². The van der Waals surface area contributed by atoms with Crippen molar-refractivity contribution in [3.05, 3.63) is 93.8 Å². The number of nitrogens with zero attached hydrogens (tertiary/aromatic N) is 4. The number of aromatic nitrogens is 2. The third-order valence-electron chi connectivity index (χ3n) is 12.7. The molecule has 2 aliphatic heterocycles. The van der Waals surface area contributed by atoms with Gasteiger partial charge in [-0.15, -0.1) is 11.3 Å². The van der Waals surface area contributed by atoms with Gasteiger partial charge in [-0.1, -0.05) is 58.6 Å². The molecular formula is C46H63N7O4PS+. The number of carboxylic acids is 1. The molecule has 2 fully saturated rings. The predicted molar refractivity (Wildman–Crippen MR) is 247 cm³/mol. The van der Waals surface area contributed by atoms with Crippen molar-refractivity contribution in [2.24, 2.45) is 21.6 Å². The second kappa shape index (κ2) is 17.8. The summed E-state index contributed by atoms with van der Waals surface area (Å²) < 4.78 is 0. The van der Waals surface area contributed by atoms with Gasteiger partial charge < -0.3 is 15.7 Å². The summed E-state index contributed by atoms with van der Waals surface area (Å²) in [4.78, 5) is 50.9. The van der Waals surface area contributed by atoms with E-state index in [0.717, 1.165) is 53.5 Å². The molecule has 1 saturated heterocycles. The van der Waals surface area contributed by atoms with Gasteiger partial charge in [-0.25, -0.2) is 20.2 Å². The van der Waals surface area contributed by atoms with Crippen molar-refractivity contribution in [3.8, 4) is 0 Å². The summed E-state index contributed by atoms with van der Waals surface area (Å²) in [5.41, 5.74) is 14.0. The van der Waals surface area contributed by atoms with Crippen LogP contribution >= 0.6 is 18.6 Å². The van der Waals surface area contributed by atoms with Gasteiger partial charge in [0.15, 0.2) is 10.8 Å². The summed E-state index contributed by atoms with van der Waals surface area (Å²) in [6.45, 7) is 21.2. The minimum absolute atomic E-state index is 0.0946. The van der Waals surface area contributed by atoms with E-state index in [2.05, 4.69) is 58.7 Å². The molecule has 5 atom stereocenters. The number of amides is 1. The van der Waals surface area contributed by atoms with Crippen LogP contribution in [0.5, 0.6) is 0 Å². The molecule has 5 unspecified atom stereocenters. The van der Waals surface area contributed by atoms with E-state index >= 15 is 0 Å². The number of carbonyl (C=O) groups is 2. The largest absolute Gasteiger partial charge is 0.476 e. The Hall–Kier alpha value is -4.22. The highest BCUT2D eigenvalue weighted by Gasteiger charge is 2.62. The second-order valence-corrected chi connectivity index (χ2v) is 23.5. The molecule has 6 rings (SSSR count). The highest BCUT2D eigenvalue weighted by atomic mass is 32.1. The zero-order chi connectivity index (χ0) is 42.8. The number of carbonyl (C=O) groups excluding carboxylic acids is 1. The van der Waals surface area contributed by atoms with E-state index in [-0.39, 0.29) is 28.0 Å². The lowest BCUT2D eigenvalue weighted by Crippen LogP contribution is -2.59. The highest BCUT2D eigenvalue weighted by molar-refractivity contribution is 7.75. The molecular weight excluding hydrogens is 778 g/mol. The number of fused-ring (bicyclic) bond motifs is 3. The number of aliphatic imine (C=N–C) groups is 1. The first-order valence-electron chi connectivity index (χ1n) is 20.9. The quantitative estimate of drug-likeness (QED) is 0.0507. The lowest BCUT2D eigenvalue weighted by Gasteiger charge is -2.58. The molecule has 316 valence electrons. The van der Waals surface area contributed by atoms with E-state index in [1.165, 1.54) is 29.9 Å². The van der Waals surface area contributed by atoms with Crippen molar-refractivity contribution >= 4 is 58.8 Å². The minimum Gasteiger partial charge on any atom is -0.476 e. The number of benzene rings is 1. The molecule has 1 amide bonds. The van der Waals surface area contributed by atoms with Crippen LogP contribution in [0.3, 0.4) is 0 Å². The van der Waals surface area contributed by atoms with E-state index < -0.39 is 13.2 Å². The van der Waals surface area contributed by atoms with Crippen molar-refractivity contribution < 1.29 is 19.5 Å². The van der Waals surface area contributed by atoms with Gasteiger partial charge in [-0.05, 0) is 92.7 Å². The number of hydrogen-bond donors (Lipinski definition) is 4. The van der Waals surface area contributed by atoms with Crippen LogP contribution in [-0.4, -0.2) is 83.6 Å². The first-order chi connectivity index (χ1) is 28.0. The number of hydrogen-bond acceptors (Lipinski definition) is 10. The standard InChI is InChI=1S/C46H62N7O4PS/c1-10-13-17-37-40(30(4)11-2)59-43(50-37)52-41(54)34-16-14-15-32-20-21-53(23-36(32)34)38-19-18-33(39(51-38)42(55)56)35(22-47)31(5)49-27-44(6)24-45(7)26-46(25-44,57-48-8)29-58(9,12-3)28-45/h10,13-19,22,30,48H,1,11-12,20-21,23-29H2,2-9H3,(H3-,47,49,50,52,54,55,56)/p+1/b17-13-. The Morgan fingerprint density at radius 2 is 1.93 bits per heavy atom. The molecule has 2 bridgehead atoms. The summed E-state index contributed by atoms with van der Waals surface area (Å²) >= 11 is 1.49. The lowest BCUT2D eigenvalue weighted by atomic mass is 9.59. The van der Waals surface area contributed by atoms with Crippen LogP contribution in [0.4, 0.5) is 10.9 Å². The van der Waals surface area contributed by atoms with Gasteiger partial charge in [0.25, 0.3) is 5.91 Å². The first-order valence-corrected chi connectivity index (χ1v) is 24.5. The molecule has 4 heterocycles. The maximum Gasteiger partial charge on any atom is 0.355 e. The molecule has 59 heavy (non-hydrogen) atoms. The number of hydroxylamine groups is 1. The van der Waals surface area contributed by atoms with Crippen LogP contribution < -0.4 is 21.4 Å². The van der Waals surface area contributed by atoms with Crippen LogP contribution in [-0.2, 0) is 17.8 Å². The topological polar surface area (TPSA) is 155 Å². The van der Waals surface area contributed by atoms with E-state index in [1.807, 2.05) is 55.3 Å². The van der Waals surface area contributed by atoms with Gasteiger partial charge in [0.1, 0.15) is 11.4 Å². The van der Waals surface area contributed by atoms with Crippen LogP contribution in [0.2, 0.25) is 0 Å². The Morgan fingerprint density at radius 3 is 2.61 bits per heavy atom. The summed E-state index contributed by atoms with van der Waals surface area (Å²) in [6.07, 6.45) is 15.2. The Kier molecular flexibility index (Phi) is 13.4. The third kappa shape index (κ3) is 9.57. The molecule has 0 spiro atoms. The number of anilines is 2. The van der Waals surface area contributed by atoms with Crippen molar-refractivity contribution in [3.63, 3.8) is 0 Å². The number of nitrogens with two attached hydrogens (primary N) is 1.